The lowest BCUT2D eigenvalue weighted by Crippen LogP contribution is -2.30. The predicted molar refractivity (Wildman–Crippen MR) is 70.9 cm³/mol. The van der Waals surface area contributed by atoms with Crippen LogP contribution in [-0.2, 0) is 9.36 Å². The molecule has 1 rings (SSSR count). The zero-order chi connectivity index (χ0) is 13.6. The fourth-order valence-corrected chi connectivity index (χ4v) is 3.79. The molecule has 1 aliphatic heterocycles. The smallest absolute Gasteiger partial charge is 0.285 e. The van der Waals surface area contributed by atoms with Gasteiger partial charge in [0.05, 0.1) is 0 Å². The quantitative estimate of drug-likeness (QED) is 0.760. The second-order valence-corrected chi connectivity index (χ2v) is 7.93. The maximum Gasteiger partial charge on any atom is 0.285 e. The van der Waals surface area contributed by atoms with Gasteiger partial charge in [0.1, 0.15) is 0 Å². The normalized spacial score (nSPS) is 16.2. The van der Waals surface area contributed by atoms with Crippen LogP contribution in [0.15, 0.2) is 0 Å². The maximum absolute atomic E-state index is 12.1. The summed E-state index contributed by atoms with van der Waals surface area (Å²) in [5.74, 6) is 0.204. The monoisotopic (exact) mass is 264 g/mol. The van der Waals surface area contributed by atoms with Crippen LogP contribution in [0.5, 0.6) is 0 Å². The second-order valence-electron chi connectivity index (χ2n) is 4.51. The Morgan fingerprint density at radius 3 is 1.47 bits per heavy atom. The molecule has 1 amide bonds. The van der Waals surface area contributed by atoms with Crippen molar-refractivity contribution in [1.29, 1.82) is 0 Å². The lowest BCUT2D eigenvalue weighted by atomic mass is 10.4. The Bertz CT molecular complexity index is 256. The Kier molecular flexibility index (Phi) is 6.94. The van der Waals surface area contributed by atoms with Crippen molar-refractivity contribution in [3.8, 4) is 0 Å². The van der Waals surface area contributed by atoms with Gasteiger partial charge in [-0.15, -0.1) is 0 Å². The summed E-state index contributed by atoms with van der Waals surface area (Å²) >= 11 is 0. The fraction of sp³-hybridized carbons (Fsp3) is 0.900. The molecular formula is C10H25N4O2P. The zero-order valence-electron chi connectivity index (χ0n) is 11.7. The highest BCUT2D eigenvalue weighted by Gasteiger charge is 2.30. The first-order valence-electron chi connectivity index (χ1n) is 5.63. The Hall–Kier alpha value is -0.420. The topological polar surface area (TPSA) is 55.9 Å². The Morgan fingerprint density at radius 1 is 1.00 bits per heavy atom. The summed E-state index contributed by atoms with van der Waals surface area (Å²) < 4.78 is 17.3. The largest absolute Gasteiger partial charge is 0.356 e. The van der Waals surface area contributed by atoms with Gasteiger partial charge >= 0.3 is 0 Å². The molecule has 0 unspecified atom stereocenters. The van der Waals surface area contributed by atoms with E-state index < -0.39 is 7.59 Å². The van der Waals surface area contributed by atoms with E-state index in [1.165, 1.54) is 0 Å². The van der Waals surface area contributed by atoms with Gasteiger partial charge in [-0.2, -0.15) is 0 Å². The number of hydrogen-bond donors (Lipinski definition) is 1. The third kappa shape index (κ3) is 4.76. The molecule has 0 aliphatic carbocycles. The van der Waals surface area contributed by atoms with Crippen LogP contribution in [0.3, 0.4) is 0 Å². The number of nitrogens with zero attached hydrogens (tertiary/aromatic N) is 3. The minimum Gasteiger partial charge on any atom is -0.356 e. The maximum atomic E-state index is 12.1. The second kappa shape index (κ2) is 7.11. The summed E-state index contributed by atoms with van der Waals surface area (Å²) in [7, 11) is 8.49. The summed E-state index contributed by atoms with van der Waals surface area (Å²) in [6, 6.07) is 0. The molecule has 0 aromatic heterocycles. The lowest BCUT2D eigenvalue weighted by molar-refractivity contribution is -0.119. The SMILES string of the molecule is CN(C)P(=O)(N(C)C)N(C)C.O=C1CCCN1. The summed E-state index contributed by atoms with van der Waals surface area (Å²) in [4.78, 5) is 10.1. The van der Waals surface area contributed by atoms with E-state index in [4.69, 9.17) is 0 Å². The van der Waals surface area contributed by atoms with Crippen molar-refractivity contribution in [2.45, 2.75) is 12.8 Å². The molecule has 0 radical (unpaired) electrons. The molecule has 0 bridgehead atoms. The summed E-state index contributed by atoms with van der Waals surface area (Å²) in [6.45, 7) is 0.888. The molecule has 102 valence electrons. The van der Waals surface area contributed by atoms with Crippen molar-refractivity contribution in [1.82, 2.24) is 19.3 Å². The Labute approximate surface area is 104 Å². The van der Waals surface area contributed by atoms with Crippen LogP contribution < -0.4 is 5.32 Å². The van der Waals surface area contributed by atoms with Crippen LogP contribution in [0.1, 0.15) is 12.8 Å². The first-order valence-corrected chi connectivity index (χ1v) is 7.19. The molecule has 1 fully saturated rings. The molecule has 6 nitrogen and oxygen atoms in total. The van der Waals surface area contributed by atoms with Crippen molar-refractivity contribution in [3.05, 3.63) is 0 Å². The molecule has 0 spiro atoms. The average molecular weight is 264 g/mol. The summed E-state index contributed by atoms with van der Waals surface area (Å²) in [5.41, 5.74) is 0. The molecule has 0 aromatic rings. The number of rotatable bonds is 3. The highest BCUT2D eigenvalue weighted by Crippen LogP contribution is 2.50. The van der Waals surface area contributed by atoms with E-state index in [1.54, 1.807) is 14.0 Å². The van der Waals surface area contributed by atoms with Gasteiger partial charge in [0.25, 0.3) is 7.59 Å². The van der Waals surface area contributed by atoms with Crippen LogP contribution in [0.4, 0.5) is 0 Å². The van der Waals surface area contributed by atoms with Gasteiger partial charge in [0.15, 0.2) is 0 Å². The van der Waals surface area contributed by atoms with E-state index in [0.717, 1.165) is 19.4 Å². The molecule has 0 saturated carbocycles. The van der Waals surface area contributed by atoms with Crippen molar-refractivity contribution in [2.24, 2.45) is 0 Å². The van der Waals surface area contributed by atoms with Gasteiger partial charge in [-0.1, -0.05) is 0 Å². The van der Waals surface area contributed by atoms with Gasteiger partial charge in [-0.05, 0) is 48.7 Å². The summed E-state index contributed by atoms with van der Waals surface area (Å²) in [6.07, 6.45) is 1.76. The van der Waals surface area contributed by atoms with E-state index in [2.05, 4.69) is 5.32 Å². The molecule has 7 heteroatoms. The van der Waals surface area contributed by atoms with Crippen molar-refractivity contribution < 1.29 is 9.36 Å². The van der Waals surface area contributed by atoms with Crippen molar-refractivity contribution in [3.63, 3.8) is 0 Å². The average Bonchev–Trinajstić information content (AvgIpc) is 2.67. The highest BCUT2D eigenvalue weighted by molar-refractivity contribution is 7.56. The van der Waals surface area contributed by atoms with E-state index in [9.17, 15) is 9.36 Å². The highest BCUT2D eigenvalue weighted by atomic mass is 31.2. The first kappa shape index (κ1) is 16.6. The van der Waals surface area contributed by atoms with Gasteiger partial charge in [0.2, 0.25) is 5.91 Å². The van der Waals surface area contributed by atoms with E-state index in [1.807, 2.05) is 42.3 Å². The van der Waals surface area contributed by atoms with Crippen molar-refractivity contribution >= 4 is 13.5 Å². The van der Waals surface area contributed by atoms with Crippen LogP contribution in [0.2, 0.25) is 0 Å². The Balaban J connectivity index is 0.000000354. The van der Waals surface area contributed by atoms with Gasteiger partial charge in [0, 0.05) is 13.0 Å². The predicted octanol–water partition coefficient (Wildman–Crippen LogP) is 0.676. The standard InChI is InChI=1S/C6H18N3OP.C4H7NO/c1-7(2)11(10,8(3)4)9(5)6;6-4-2-1-3-5-4/h1-6H3;1-3H2,(H,5,6). The minimum absolute atomic E-state index is 0.204. The summed E-state index contributed by atoms with van der Waals surface area (Å²) in [5, 5.41) is 2.68. The number of nitrogens with one attached hydrogen (secondary N) is 1. The van der Waals surface area contributed by atoms with Crippen molar-refractivity contribution in [2.75, 3.05) is 48.8 Å². The van der Waals surface area contributed by atoms with Gasteiger partial charge in [-0.25, -0.2) is 14.0 Å². The number of amides is 1. The molecule has 0 atom stereocenters. The molecule has 1 N–H and O–H groups in total. The van der Waals surface area contributed by atoms with E-state index in [-0.39, 0.29) is 5.91 Å². The third-order valence-electron chi connectivity index (χ3n) is 2.47. The van der Waals surface area contributed by atoms with E-state index in [0.29, 0.717) is 0 Å². The Morgan fingerprint density at radius 2 is 1.41 bits per heavy atom. The molecule has 1 saturated heterocycles. The molecular weight excluding hydrogens is 239 g/mol. The van der Waals surface area contributed by atoms with Gasteiger partial charge in [-0.3, -0.25) is 9.36 Å². The molecule has 1 aliphatic rings. The minimum atomic E-state index is -2.44. The van der Waals surface area contributed by atoms with Crippen LogP contribution in [-0.4, -0.2) is 68.7 Å². The van der Waals surface area contributed by atoms with Crippen LogP contribution >= 0.6 is 7.59 Å². The molecule has 0 aromatic carbocycles. The lowest BCUT2D eigenvalue weighted by Gasteiger charge is -2.34. The van der Waals surface area contributed by atoms with E-state index >= 15 is 0 Å². The number of carbonyl (C=O) groups excluding carboxylic acids is 1. The molecule has 17 heavy (non-hydrogen) atoms. The van der Waals surface area contributed by atoms with Crippen LogP contribution in [0, 0.1) is 0 Å². The zero-order valence-corrected chi connectivity index (χ0v) is 12.6. The van der Waals surface area contributed by atoms with Crippen LogP contribution in [0.25, 0.3) is 0 Å². The fourth-order valence-electron chi connectivity index (χ4n) is 1.64. The third-order valence-corrected chi connectivity index (χ3v) is 5.59. The van der Waals surface area contributed by atoms with Gasteiger partial charge < -0.3 is 5.32 Å². The number of carbonyl (C=O) groups is 1. The first-order chi connectivity index (χ1) is 7.72. The molecule has 1 heterocycles. The number of hydrogen-bond acceptors (Lipinski definition) is 2.